The molecule has 0 radical (unpaired) electrons. The van der Waals surface area contributed by atoms with Crippen LogP contribution in [0, 0.1) is 6.92 Å². The number of carbonyl (C=O) groups is 2. The molecule has 0 aliphatic rings. The van der Waals surface area contributed by atoms with E-state index < -0.39 is 6.04 Å². The van der Waals surface area contributed by atoms with Gasteiger partial charge in [-0.05, 0) is 62.9 Å². The number of ether oxygens (including phenoxy) is 2. The third-order valence-corrected chi connectivity index (χ3v) is 5.28. The molecule has 2 aromatic rings. The number of amides is 2. The van der Waals surface area contributed by atoms with Crippen LogP contribution >= 0.6 is 0 Å². The molecule has 0 aromatic heterocycles. The molecular formula is C25H34N2O4. The predicted octanol–water partition coefficient (Wildman–Crippen LogP) is 3.89. The normalized spacial score (nSPS) is 11.7. The highest BCUT2D eigenvalue weighted by atomic mass is 16.5. The third kappa shape index (κ3) is 6.74. The van der Waals surface area contributed by atoms with Crippen LogP contribution in [0.3, 0.4) is 0 Å². The molecule has 0 heterocycles. The van der Waals surface area contributed by atoms with Gasteiger partial charge in [0.05, 0.1) is 14.2 Å². The van der Waals surface area contributed by atoms with Gasteiger partial charge < -0.3 is 19.7 Å². The molecule has 0 spiro atoms. The largest absolute Gasteiger partial charge is 0.493 e. The minimum atomic E-state index is -0.570. The number of hydrogen-bond donors (Lipinski definition) is 1. The fourth-order valence-corrected chi connectivity index (χ4v) is 3.39. The third-order valence-electron chi connectivity index (χ3n) is 5.28. The first-order valence-electron chi connectivity index (χ1n) is 10.6. The van der Waals surface area contributed by atoms with E-state index in [4.69, 9.17) is 9.47 Å². The summed E-state index contributed by atoms with van der Waals surface area (Å²) in [6.45, 7) is 8.01. The van der Waals surface area contributed by atoms with Gasteiger partial charge in [-0.1, -0.05) is 30.3 Å². The molecule has 0 unspecified atom stereocenters. The summed E-state index contributed by atoms with van der Waals surface area (Å²) in [5.41, 5.74) is 3.10. The van der Waals surface area contributed by atoms with E-state index in [-0.39, 0.29) is 17.9 Å². The second kappa shape index (κ2) is 11.4. The van der Waals surface area contributed by atoms with Crippen molar-refractivity contribution < 1.29 is 19.1 Å². The summed E-state index contributed by atoms with van der Waals surface area (Å²) in [5, 5.41) is 2.92. The molecule has 6 heteroatoms. The Bertz CT molecular complexity index is 895. The van der Waals surface area contributed by atoms with Crippen LogP contribution in [0.1, 0.15) is 43.9 Å². The highest BCUT2D eigenvalue weighted by molar-refractivity contribution is 5.87. The Morgan fingerprint density at radius 1 is 1.00 bits per heavy atom. The molecule has 6 nitrogen and oxygen atoms in total. The second-order valence-electron chi connectivity index (χ2n) is 7.98. The van der Waals surface area contributed by atoms with Crippen LogP contribution in [-0.2, 0) is 22.6 Å². The summed E-state index contributed by atoms with van der Waals surface area (Å²) in [6, 6.07) is 13.0. The average Bonchev–Trinajstić information content (AvgIpc) is 2.75. The van der Waals surface area contributed by atoms with Crippen LogP contribution in [0.4, 0.5) is 0 Å². The lowest BCUT2D eigenvalue weighted by molar-refractivity contribution is -0.140. The van der Waals surface area contributed by atoms with Crippen LogP contribution < -0.4 is 14.8 Å². The number of carbonyl (C=O) groups excluding carboxylic acids is 2. The number of nitrogens with one attached hydrogen (secondary N) is 1. The lowest BCUT2D eigenvalue weighted by Crippen LogP contribution is -2.49. The molecule has 2 rings (SSSR count). The quantitative estimate of drug-likeness (QED) is 0.626. The first-order chi connectivity index (χ1) is 14.8. The van der Waals surface area contributed by atoms with E-state index in [1.165, 1.54) is 0 Å². The monoisotopic (exact) mass is 426 g/mol. The topological polar surface area (TPSA) is 67.9 Å². The highest BCUT2D eigenvalue weighted by Crippen LogP contribution is 2.28. The number of benzene rings is 2. The van der Waals surface area contributed by atoms with Crippen molar-refractivity contribution in [1.82, 2.24) is 10.2 Å². The average molecular weight is 427 g/mol. The van der Waals surface area contributed by atoms with E-state index in [2.05, 4.69) is 5.32 Å². The van der Waals surface area contributed by atoms with Gasteiger partial charge in [0.1, 0.15) is 6.04 Å². The van der Waals surface area contributed by atoms with Gasteiger partial charge in [0.2, 0.25) is 11.8 Å². The number of methoxy groups -OCH3 is 2. The molecule has 1 N–H and O–H groups in total. The van der Waals surface area contributed by atoms with E-state index in [9.17, 15) is 9.59 Å². The van der Waals surface area contributed by atoms with Gasteiger partial charge >= 0.3 is 0 Å². The standard InChI is InChI=1S/C25H34N2O4/c1-17(2)26-25(29)19(4)27(16-21-10-8-7-9-18(21)3)24(28)14-12-20-11-13-22(30-5)23(15-20)31-6/h7-11,13,15,17,19H,12,14,16H2,1-6H3,(H,26,29)/t19-/m0/s1. The Morgan fingerprint density at radius 3 is 2.29 bits per heavy atom. The lowest BCUT2D eigenvalue weighted by Gasteiger charge is -2.30. The van der Waals surface area contributed by atoms with Gasteiger partial charge in [0.15, 0.2) is 11.5 Å². The zero-order chi connectivity index (χ0) is 23.0. The molecule has 2 amide bonds. The molecule has 0 bridgehead atoms. The molecule has 0 fully saturated rings. The number of nitrogens with zero attached hydrogens (tertiary/aromatic N) is 1. The maximum atomic E-state index is 13.2. The summed E-state index contributed by atoms with van der Waals surface area (Å²) in [5.74, 6) is 1.07. The van der Waals surface area contributed by atoms with Crippen molar-refractivity contribution in [3.8, 4) is 11.5 Å². The zero-order valence-electron chi connectivity index (χ0n) is 19.4. The van der Waals surface area contributed by atoms with Gasteiger partial charge in [0.25, 0.3) is 0 Å². The summed E-state index contributed by atoms with van der Waals surface area (Å²) < 4.78 is 10.6. The van der Waals surface area contributed by atoms with Crippen molar-refractivity contribution in [3.05, 3.63) is 59.2 Å². The van der Waals surface area contributed by atoms with E-state index >= 15 is 0 Å². The fraction of sp³-hybridized carbons (Fsp3) is 0.440. The molecule has 168 valence electrons. The Morgan fingerprint density at radius 2 is 1.68 bits per heavy atom. The Balaban J connectivity index is 2.19. The molecule has 31 heavy (non-hydrogen) atoms. The maximum Gasteiger partial charge on any atom is 0.242 e. The highest BCUT2D eigenvalue weighted by Gasteiger charge is 2.26. The summed E-state index contributed by atoms with van der Waals surface area (Å²) >= 11 is 0. The fourth-order valence-electron chi connectivity index (χ4n) is 3.39. The zero-order valence-corrected chi connectivity index (χ0v) is 19.4. The smallest absolute Gasteiger partial charge is 0.242 e. The first kappa shape index (κ1) is 24.3. The predicted molar refractivity (Wildman–Crippen MR) is 122 cm³/mol. The molecule has 0 aliphatic heterocycles. The molecular weight excluding hydrogens is 392 g/mol. The van der Waals surface area contributed by atoms with Gasteiger partial charge in [0, 0.05) is 19.0 Å². The van der Waals surface area contributed by atoms with Crippen LogP contribution in [0.5, 0.6) is 11.5 Å². The summed E-state index contributed by atoms with van der Waals surface area (Å²) in [7, 11) is 3.18. The number of rotatable bonds is 10. The van der Waals surface area contributed by atoms with Crippen molar-refractivity contribution in [3.63, 3.8) is 0 Å². The van der Waals surface area contributed by atoms with Crippen LogP contribution in [0.25, 0.3) is 0 Å². The SMILES string of the molecule is COc1ccc(CCC(=O)N(Cc2ccccc2C)[C@@H](C)C(=O)NC(C)C)cc1OC. The minimum Gasteiger partial charge on any atom is -0.493 e. The molecule has 1 atom stereocenters. The van der Waals surface area contributed by atoms with Gasteiger partial charge in [-0.15, -0.1) is 0 Å². The Kier molecular flexibility index (Phi) is 8.91. The minimum absolute atomic E-state index is 0.0112. The van der Waals surface area contributed by atoms with Crippen LogP contribution in [0.2, 0.25) is 0 Å². The summed E-state index contributed by atoms with van der Waals surface area (Å²) in [6.07, 6.45) is 0.836. The second-order valence-corrected chi connectivity index (χ2v) is 7.98. The molecule has 0 saturated carbocycles. The van der Waals surface area contributed by atoms with E-state index in [0.29, 0.717) is 30.9 Å². The van der Waals surface area contributed by atoms with E-state index in [1.807, 2.05) is 63.2 Å². The maximum absolute atomic E-state index is 13.2. The van der Waals surface area contributed by atoms with E-state index in [1.54, 1.807) is 26.0 Å². The van der Waals surface area contributed by atoms with Crippen molar-refractivity contribution in [1.29, 1.82) is 0 Å². The van der Waals surface area contributed by atoms with Gasteiger partial charge in [-0.2, -0.15) is 0 Å². The summed E-state index contributed by atoms with van der Waals surface area (Å²) in [4.78, 5) is 27.6. The Labute approximate surface area is 185 Å². The van der Waals surface area contributed by atoms with Crippen molar-refractivity contribution in [2.75, 3.05) is 14.2 Å². The molecule has 2 aromatic carbocycles. The number of hydrogen-bond acceptors (Lipinski definition) is 4. The van der Waals surface area contributed by atoms with Crippen molar-refractivity contribution in [2.24, 2.45) is 0 Å². The Hall–Kier alpha value is -3.02. The first-order valence-corrected chi connectivity index (χ1v) is 10.6. The van der Waals surface area contributed by atoms with E-state index in [0.717, 1.165) is 16.7 Å². The van der Waals surface area contributed by atoms with Gasteiger partial charge in [-0.25, -0.2) is 0 Å². The van der Waals surface area contributed by atoms with Gasteiger partial charge in [-0.3, -0.25) is 9.59 Å². The molecule has 0 saturated heterocycles. The number of aryl methyl sites for hydroxylation is 2. The van der Waals surface area contributed by atoms with Crippen molar-refractivity contribution in [2.45, 2.75) is 59.2 Å². The van der Waals surface area contributed by atoms with Crippen LogP contribution in [0.15, 0.2) is 42.5 Å². The van der Waals surface area contributed by atoms with Crippen LogP contribution in [-0.4, -0.2) is 43.0 Å². The molecule has 0 aliphatic carbocycles. The lowest BCUT2D eigenvalue weighted by atomic mass is 10.0. The van der Waals surface area contributed by atoms with Crippen molar-refractivity contribution >= 4 is 11.8 Å².